The maximum absolute atomic E-state index is 12.3. The maximum Gasteiger partial charge on any atom is 0.286 e. The molecule has 1 amide bonds. The Balaban J connectivity index is 2.01. The van der Waals surface area contributed by atoms with Crippen molar-refractivity contribution in [3.8, 4) is 0 Å². The van der Waals surface area contributed by atoms with Crippen LogP contribution in [0, 0.1) is 5.92 Å². The van der Waals surface area contributed by atoms with E-state index in [2.05, 4.69) is 19.2 Å². The van der Waals surface area contributed by atoms with Crippen LogP contribution in [0.3, 0.4) is 0 Å². The lowest BCUT2D eigenvalue weighted by Crippen LogP contribution is -2.24. The molecule has 0 aliphatic heterocycles. The van der Waals surface area contributed by atoms with Crippen LogP contribution >= 0.6 is 0 Å². The summed E-state index contributed by atoms with van der Waals surface area (Å²) in [6, 6.07) is 11.2. The first kappa shape index (κ1) is 17.3. The molecule has 6 heteroatoms. The third-order valence-electron chi connectivity index (χ3n) is 3.33. The van der Waals surface area contributed by atoms with Crippen molar-refractivity contribution in [2.24, 2.45) is 5.92 Å². The van der Waals surface area contributed by atoms with E-state index < -0.39 is 9.84 Å². The normalized spacial score (nSPS) is 11.6. The molecule has 0 saturated heterocycles. The molecule has 2 aromatic rings. The summed E-state index contributed by atoms with van der Waals surface area (Å²) in [6.07, 6.45) is 0.877. The van der Waals surface area contributed by atoms with E-state index in [-0.39, 0.29) is 28.1 Å². The smallest absolute Gasteiger partial charge is 0.286 e. The van der Waals surface area contributed by atoms with Gasteiger partial charge in [-0.15, -0.1) is 0 Å². The molecule has 2 rings (SSSR count). The van der Waals surface area contributed by atoms with Gasteiger partial charge in [0, 0.05) is 6.54 Å². The summed E-state index contributed by atoms with van der Waals surface area (Å²) in [5.41, 5.74) is 0. The van der Waals surface area contributed by atoms with Crippen molar-refractivity contribution in [3.05, 3.63) is 54.0 Å². The summed E-state index contributed by atoms with van der Waals surface area (Å²) >= 11 is 0. The van der Waals surface area contributed by atoms with Crippen LogP contribution in [0.25, 0.3) is 0 Å². The summed E-state index contributed by atoms with van der Waals surface area (Å²) in [5, 5.41) is 2.76. The van der Waals surface area contributed by atoms with Gasteiger partial charge < -0.3 is 9.73 Å². The molecule has 1 heterocycles. The van der Waals surface area contributed by atoms with E-state index in [0.29, 0.717) is 12.5 Å². The lowest BCUT2D eigenvalue weighted by molar-refractivity contribution is 0.0923. The fraction of sp³-hybridized carbons (Fsp3) is 0.353. The van der Waals surface area contributed by atoms with Gasteiger partial charge in [-0.05, 0) is 36.6 Å². The van der Waals surface area contributed by atoms with Crippen LogP contribution in [0.2, 0.25) is 0 Å². The van der Waals surface area contributed by atoms with E-state index >= 15 is 0 Å². The third-order valence-corrected chi connectivity index (χ3v) is 4.98. The van der Waals surface area contributed by atoms with Crippen LogP contribution < -0.4 is 5.32 Å². The zero-order valence-corrected chi connectivity index (χ0v) is 14.1. The highest BCUT2D eigenvalue weighted by Crippen LogP contribution is 2.18. The molecule has 23 heavy (non-hydrogen) atoms. The Kier molecular flexibility index (Phi) is 5.60. The zero-order valence-electron chi connectivity index (χ0n) is 13.3. The summed E-state index contributed by atoms with van der Waals surface area (Å²) in [4.78, 5) is 12.2. The fourth-order valence-corrected chi connectivity index (χ4v) is 3.31. The Bertz CT molecular complexity index is 748. The molecule has 1 aromatic carbocycles. The number of sulfone groups is 1. The molecule has 5 nitrogen and oxygen atoms in total. The maximum atomic E-state index is 12.3. The average Bonchev–Trinajstić information content (AvgIpc) is 2.95. The van der Waals surface area contributed by atoms with Gasteiger partial charge >= 0.3 is 0 Å². The van der Waals surface area contributed by atoms with Crippen molar-refractivity contribution in [3.63, 3.8) is 0 Å². The summed E-state index contributed by atoms with van der Waals surface area (Å²) in [5.74, 6) is 0.290. The van der Waals surface area contributed by atoms with Gasteiger partial charge in [0.05, 0.1) is 4.90 Å². The number of benzene rings is 1. The molecule has 0 aliphatic carbocycles. The van der Waals surface area contributed by atoms with Crippen molar-refractivity contribution in [1.82, 2.24) is 5.32 Å². The van der Waals surface area contributed by atoms with Crippen LogP contribution in [-0.4, -0.2) is 20.9 Å². The second-order valence-electron chi connectivity index (χ2n) is 5.78. The standard InChI is InChI=1S/C17H21NO4S/c1-13(2)10-11-18-17(19)16-9-8-14(22-16)12-23(20,21)15-6-4-3-5-7-15/h3-9,13H,10-12H2,1-2H3,(H,18,19). The van der Waals surface area contributed by atoms with Crippen molar-refractivity contribution >= 4 is 15.7 Å². The minimum absolute atomic E-state index is 0.131. The summed E-state index contributed by atoms with van der Waals surface area (Å²) in [7, 11) is -3.48. The Morgan fingerprint density at radius 3 is 2.48 bits per heavy atom. The van der Waals surface area contributed by atoms with E-state index in [1.165, 1.54) is 24.3 Å². The Hall–Kier alpha value is -2.08. The first-order valence-corrected chi connectivity index (χ1v) is 9.18. The van der Waals surface area contributed by atoms with Crippen LogP contribution in [0.1, 0.15) is 36.6 Å². The van der Waals surface area contributed by atoms with E-state index in [0.717, 1.165) is 6.42 Å². The van der Waals surface area contributed by atoms with E-state index in [4.69, 9.17) is 4.42 Å². The van der Waals surface area contributed by atoms with Crippen LogP contribution in [-0.2, 0) is 15.6 Å². The molecule has 0 bridgehead atoms. The average molecular weight is 335 g/mol. The van der Waals surface area contributed by atoms with Crippen LogP contribution in [0.5, 0.6) is 0 Å². The zero-order chi connectivity index (χ0) is 16.9. The molecule has 0 saturated carbocycles. The second-order valence-corrected chi connectivity index (χ2v) is 7.77. The predicted octanol–water partition coefficient (Wildman–Crippen LogP) is 3.03. The van der Waals surface area contributed by atoms with E-state index in [1.54, 1.807) is 18.2 Å². The third kappa shape index (κ3) is 4.96. The van der Waals surface area contributed by atoms with E-state index in [9.17, 15) is 13.2 Å². The highest BCUT2D eigenvalue weighted by Gasteiger charge is 2.19. The Morgan fingerprint density at radius 1 is 1.13 bits per heavy atom. The highest BCUT2D eigenvalue weighted by atomic mass is 32.2. The minimum Gasteiger partial charge on any atom is -0.455 e. The summed E-state index contributed by atoms with van der Waals surface area (Å²) in [6.45, 7) is 4.71. The summed E-state index contributed by atoms with van der Waals surface area (Å²) < 4.78 is 29.9. The van der Waals surface area contributed by atoms with Gasteiger partial charge in [0.1, 0.15) is 11.5 Å². The van der Waals surface area contributed by atoms with Gasteiger partial charge in [0.15, 0.2) is 15.6 Å². The molecule has 0 fully saturated rings. The van der Waals surface area contributed by atoms with Crippen LogP contribution in [0.15, 0.2) is 51.8 Å². The number of nitrogens with one attached hydrogen (secondary N) is 1. The first-order valence-electron chi connectivity index (χ1n) is 7.53. The van der Waals surface area contributed by atoms with Gasteiger partial charge in [-0.25, -0.2) is 8.42 Å². The van der Waals surface area contributed by atoms with Crippen molar-refractivity contribution in [2.45, 2.75) is 30.9 Å². The van der Waals surface area contributed by atoms with E-state index in [1.807, 2.05) is 0 Å². The number of carbonyl (C=O) groups excluding carboxylic acids is 1. The van der Waals surface area contributed by atoms with Crippen molar-refractivity contribution < 1.29 is 17.6 Å². The number of amides is 1. The first-order chi connectivity index (χ1) is 10.9. The number of furan rings is 1. The predicted molar refractivity (Wildman–Crippen MR) is 87.8 cm³/mol. The van der Waals surface area contributed by atoms with Gasteiger partial charge in [-0.3, -0.25) is 4.79 Å². The van der Waals surface area contributed by atoms with Gasteiger partial charge in [-0.2, -0.15) is 0 Å². The Labute approximate surface area is 136 Å². The topological polar surface area (TPSA) is 76.4 Å². The lowest BCUT2D eigenvalue weighted by Gasteiger charge is -2.05. The lowest BCUT2D eigenvalue weighted by atomic mass is 10.1. The molecule has 0 atom stereocenters. The second kappa shape index (κ2) is 7.46. The molecule has 1 N–H and O–H groups in total. The molecular weight excluding hydrogens is 314 g/mol. The fourth-order valence-electron chi connectivity index (χ4n) is 2.04. The molecule has 0 aliphatic rings. The van der Waals surface area contributed by atoms with Crippen molar-refractivity contribution in [1.29, 1.82) is 0 Å². The molecule has 1 aromatic heterocycles. The Morgan fingerprint density at radius 2 is 1.83 bits per heavy atom. The molecular formula is C17H21NO4S. The number of rotatable bonds is 7. The van der Waals surface area contributed by atoms with Gasteiger partial charge in [-0.1, -0.05) is 32.0 Å². The van der Waals surface area contributed by atoms with Crippen LogP contribution in [0.4, 0.5) is 0 Å². The number of carbonyl (C=O) groups is 1. The SMILES string of the molecule is CC(C)CCNC(=O)c1ccc(CS(=O)(=O)c2ccccc2)o1. The number of hydrogen-bond donors (Lipinski definition) is 1. The van der Waals surface area contributed by atoms with Crippen molar-refractivity contribution in [2.75, 3.05) is 6.54 Å². The minimum atomic E-state index is -3.48. The van der Waals surface area contributed by atoms with Gasteiger partial charge in [0.2, 0.25) is 0 Å². The van der Waals surface area contributed by atoms with Gasteiger partial charge in [0.25, 0.3) is 5.91 Å². The molecule has 0 spiro atoms. The molecule has 0 unspecified atom stereocenters. The number of hydrogen-bond acceptors (Lipinski definition) is 4. The monoisotopic (exact) mass is 335 g/mol. The molecule has 0 radical (unpaired) electrons. The largest absolute Gasteiger partial charge is 0.455 e. The highest BCUT2D eigenvalue weighted by molar-refractivity contribution is 7.90. The molecule has 124 valence electrons. The quantitative estimate of drug-likeness (QED) is 0.844.